The summed E-state index contributed by atoms with van der Waals surface area (Å²) in [5.41, 5.74) is 0. The molecule has 0 spiro atoms. The summed E-state index contributed by atoms with van der Waals surface area (Å²) >= 11 is 0. The minimum atomic E-state index is 0. The first-order chi connectivity index (χ1) is 1.41. The molecule has 0 fully saturated rings. The van der Waals surface area contributed by atoms with Crippen molar-refractivity contribution < 1.29 is 27.5 Å². The Morgan fingerprint density at radius 2 is 1.60 bits per heavy atom. The zero-order chi connectivity index (χ0) is 2.71. The molecule has 0 heterocycles. The van der Waals surface area contributed by atoms with E-state index < -0.39 is 0 Å². The van der Waals surface area contributed by atoms with Crippen LogP contribution in [0.1, 0.15) is 6.92 Å². The van der Waals surface area contributed by atoms with Gasteiger partial charge in [0, 0.05) is 47.8 Å². The molecule has 0 rings (SSSR count). The summed E-state index contributed by atoms with van der Waals surface area (Å²) in [5.74, 6) is 0. The molecule has 1 N–H and O–H groups in total. The average Bonchev–Trinajstić information content (AvgIpc) is 0.918. The molecule has 1 nitrogen and oxygen atoms in total. The summed E-state index contributed by atoms with van der Waals surface area (Å²) in [6.07, 6.45) is 0. The van der Waals surface area contributed by atoms with Crippen molar-refractivity contribution in [3.63, 3.8) is 0 Å². The van der Waals surface area contributed by atoms with Gasteiger partial charge in [-0.25, -0.2) is 0 Å². The standard InChI is InChI=1S/C2H6O.Li.Nb/c1-2-3;;/h3H,2H2,1H3;;. The van der Waals surface area contributed by atoms with Gasteiger partial charge in [-0.2, -0.15) is 0 Å². The summed E-state index contributed by atoms with van der Waals surface area (Å²) in [6.45, 7) is 1.93. The van der Waals surface area contributed by atoms with Gasteiger partial charge in [0.05, 0.1) is 0 Å². The molecule has 0 saturated carbocycles. The van der Waals surface area contributed by atoms with Crippen LogP contribution in [0.5, 0.6) is 0 Å². The molecule has 0 atom stereocenters. The fourth-order valence-electron chi connectivity index (χ4n) is 0. The Balaban J connectivity index is -0.0000000200. The van der Waals surface area contributed by atoms with Gasteiger partial charge >= 0.3 is 0 Å². The summed E-state index contributed by atoms with van der Waals surface area (Å²) in [4.78, 5) is 0. The smallest absolute Gasteiger partial charge is 0.0402 e. The molecule has 2 radical (unpaired) electrons. The predicted molar refractivity (Wildman–Crippen MR) is 18.5 cm³/mol. The van der Waals surface area contributed by atoms with E-state index in [1.165, 1.54) is 0 Å². The molecule has 0 amide bonds. The fraction of sp³-hybridized carbons (Fsp3) is 1.00. The molecule has 0 aliphatic carbocycles. The van der Waals surface area contributed by atoms with Gasteiger partial charge in [0.2, 0.25) is 0 Å². The van der Waals surface area contributed by atoms with E-state index in [4.69, 9.17) is 5.11 Å². The summed E-state index contributed by atoms with van der Waals surface area (Å²) in [7, 11) is 0. The summed E-state index contributed by atoms with van der Waals surface area (Å²) < 4.78 is 0. The molecule has 0 unspecified atom stereocenters. The van der Waals surface area contributed by atoms with E-state index in [0.717, 1.165) is 0 Å². The van der Waals surface area contributed by atoms with Crippen molar-refractivity contribution in [1.29, 1.82) is 0 Å². The Kier molecular flexibility index (Phi) is 60.2. The van der Waals surface area contributed by atoms with Crippen LogP contribution in [-0.2, 0) is 22.4 Å². The second-order valence-electron chi connectivity index (χ2n) is 0.316. The first-order valence-electron chi connectivity index (χ1n) is 1.02. The quantitative estimate of drug-likeness (QED) is 0.461. The fourth-order valence-corrected chi connectivity index (χ4v) is 0. The number of aliphatic hydroxyl groups excluding tert-OH is 1. The Hall–Kier alpha value is 1.30. The van der Waals surface area contributed by atoms with Crippen LogP contribution in [0.3, 0.4) is 0 Å². The SMILES string of the molecule is CCO.[Li].[Nb]. The third kappa shape index (κ3) is 34.2. The zero-order valence-corrected chi connectivity index (χ0v) is 5.80. The van der Waals surface area contributed by atoms with Crippen molar-refractivity contribution in [3.05, 3.63) is 0 Å². The van der Waals surface area contributed by atoms with Crippen LogP contribution < -0.4 is 0 Å². The van der Waals surface area contributed by atoms with Crippen LogP contribution in [0.25, 0.3) is 0 Å². The molecule has 0 bridgehead atoms. The van der Waals surface area contributed by atoms with Crippen LogP contribution in [0.15, 0.2) is 0 Å². The van der Waals surface area contributed by atoms with Crippen molar-refractivity contribution in [2.24, 2.45) is 0 Å². The normalized spacial score (nSPS) is 3.60. The molecule has 0 aromatic heterocycles. The van der Waals surface area contributed by atoms with Gasteiger partial charge in [0.25, 0.3) is 0 Å². The van der Waals surface area contributed by atoms with Crippen LogP contribution in [-0.4, -0.2) is 30.6 Å². The minimum Gasteiger partial charge on any atom is -0.397 e. The number of rotatable bonds is 0. The summed E-state index contributed by atoms with van der Waals surface area (Å²) in [6, 6.07) is 0. The molecule has 0 saturated heterocycles. The van der Waals surface area contributed by atoms with Crippen molar-refractivity contribution in [3.8, 4) is 0 Å². The van der Waals surface area contributed by atoms with E-state index >= 15 is 0 Å². The number of aliphatic hydroxyl groups is 1. The maximum Gasteiger partial charge on any atom is 0.0402 e. The maximum absolute atomic E-state index is 7.57. The van der Waals surface area contributed by atoms with Crippen LogP contribution in [0.2, 0.25) is 0 Å². The van der Waals surface area contributed by atoms with Crippen LogP contribution in [0, 0.1) is 0 Å². The number of hydrogen-bond acceptors (Lipinski definition) is 1. The van der Waals surface area contributed by atoms with Gasteiger partial charge in [0.15, 0.2) is 0 Å². The second-order valence-corrected chi connectivity index (χ2v) is 0.316. The topological polar surface area (TPSA) is 20.2 Å². The molecular formula is C2H6LiNbO. The van der Waals surface area contributed by atoms with E-state index in [9.17, 15) is 0 Å². The Morgan fingerprint density at radius 1 is 1.60 bits per heavy atom. The second kappa shape index (κ2) is 18.5. The molecule has 5 heavy (non-hydrogen) atoms. The predicted octanol–water partition coefficient (Wildman–Crippen LogP) is -0.385. The molecule has 26 valence electrons. The van der Waals surface area contributed by atoms with Crippen LogP contribution in [0.4, 0.5) is 0 Å². The first-order valence-corrected chi connectivity index (χ1v) is 1.02. The van der Waals surface area contributed by atoms with Crippen molar-refractivity contribution >= 4 is 18.9 Å². The van der Waals surface area contributed by atoms with Gasteiger partial charge in [-0.3, -0.25) is 0 Å². The maximum atomic E-state index is 7.57. The average molecular weight is 146 g/mol. The van der Waals surface area contributed by atoms with E-state index in [0.29, 0.717) is 0 Å². The largest absolute Gasteiger partial charge is 0.397 e. The van der Waals surface area contributed by atoms with Gasteiger partial charge in [-0.15, -0.1) is 0 Å². The minimum absolute atomic E-state index is 0. The molecule has 0 aliphatic rings. The summed E-state index contributed by atoms with van der Waals surface area (Å²) in [5, 5.41) is 7.57. The molecule has 0 aliphatic heterocycles. The van der Waals surface area contributed by atoms with Crippen molar-refractivity contribution in [2.75, 3.05) is 6.61 Å². The van der Waals surface area contributed by atoms with Crippen LogP contribution >= 0.6 is 0 Å². The van der Waals surface area contributed by atoms with E-state index in [1.807, 2.05) is 0 Å². The molecule has 0 aromatic carbocycles. The van der Waals surface area contributed by atoms with Gasteiger partial charge in [-0.05, 0) is 6.92 Å². The monoisotopic (exact) mass is 146 g/mol. The number of hydrogen-bond donors (Lipinski definition) is 1. The Labute approximate surface area is 59.8 Å². The van der Waals surface area contributed by atoms with Gasteiger partial charge in [0.1, 0.15) is 0 Å². The van der Waals surface area contributed by atoms with Crippen molar-refractivity contribution in [2.45, 2.75) is 6.92 Å². The molecule has 0 aromatic rings. The van der Waals surface area contributed by atoms with E-state index in [1.54, 1.807) is 6.92 Å². The Bertz CT molecular complexity index is 9.61. The first kappa shape index (κ1) is 16.3. The van der Waals surface area contributed by atoms with Crippen molar-refractivity contribution in [1.82, 2.24) is 0 Å². The van der Waals surface area contributed by atoms with Gasteiger partial charge in [-0.1, -0.05) is 0 Å². The Morgan fingerprint density at radius 3 is 1.60 bits per heavy atom. The molecular weight excluding hydrogens is 140 g/mol. The third-order valence-electron chi connectivity index (χ3n) is 0. The third-order valence-corrected chi connectivity index (χ3v) is 0. The zero-order valence-electron chi connectivity index (χ0n) is 3.60. The van der Waals surface area contributed by atoms with E-state index in [2.05, 4.69) is 0 Å². The van der Waals surface area contributed by atoms with Gasteiger partial charge < -0.3 is 5.11 Å². The molecule has 3 heteroatoms. The van der Waals surface area contributed by atoms with E-state index in [-0.39, 0.29) is 47.8 Å².